The van der Waals surface area contributed by atoms with E-state index >= 15 is 0 Å². The zero-order valence-corrected chi connectivity index (χ0v) is 7.52. The van der Waals surface area contributed by atoms with Gasteiger partial charge in [-0.05, 0) is 24.3 Å². The molecule has 0 aliphatic heterocycles. The van der Waals surface area contributed by atoms with Crippen LogP contribution in [0.2, 0.25) is 0 Å². The van der Waals surface area contributed by atoms with Gasteiger partial charge in [-0.25, -0.2) is 0 Å². The van der Waals surface area contributed by atoms with Crippen LogP contribution in [-0.4, -0.2) is 6.29 Å². The van der Waals surface area contributed by atoms with Crippen LogP contribution in [0.1, 0.15) is 39.5 Å². The predicted octanol–water partition coefficient (Wildman–Crippen LogP) is 2.87. The van der Waals surface area contributed by atoms with Crippen molar-refractivity contribution in [2.45, 2.75) is 39.5 Å². The summed E-state index contributed by atoms with van der Waals surface area (Å²) in [5, 5.41) is 0. The molecular formula is C10H17O. The van der Waals surface area contributed by atoms with E-state index < -0.39 is 0 Å². The zero-order chi connectivity index (χ0) is 8.69. The molecule has 0 rings (SSSR count). The largest absolute Gasteiger partial charge is 0.285 e. The van der Waals surface area contributed by atoms with Gasteiger partial charge >= 0.3 is 0 Å². The van der Waals surface area contributed by atoms with Gasteiger partial charge in [0.1, 0.15) is 0 Å². The average Bonchev–Trinajstić information content (AvgIpc) is 2.03. The van der Waals surface area contributed by atoms with E-state index in [0.717, 1.165) is 25.7 Å². The van der Waals surface area contributed by atoms with E-state index in [4.69, 9.17) is 0 Å². The van der Waals surface area contributed by atoms with Crippen LogP contribution < -0.4 is 0 Å². The Bertz CT molecular complexity index is 121. The molecule has 0 aromatic heterocycles. The van der Waals surface area contributed by atoms with E-state index in [1.54, 1.807) is 0 Å². The lowest BCUT2D eigenvalue weighted by atomic mass is 9.92. The van der Waals surface area contributed by atoms with Gasteiger partial charge in [0.05, 0.1) is 0 Å². The van der Waals surface area contributed by atoms with Crippen molar-refractivity contribution < 1.29 is 4.79 Å². The summed E-state index contributed by atoms with van der Waals surface area (Å²) in [4.78, 5) is 10.3. The van der Waals surface area contributed by atoms with E-state index in [2.05, 4.69) is 20.4 Å². The zero-order valence-electron chi connectivity index (χ0n) is 7.52. The fraction of sp³-hybridized carbons (Fsp3) is 0.700. The van der Waals surface area contributed by atoms with Gasteiger partial charge in [-0.15, -0.1) is 0 Å². The van der Waals surface area contributed by atoms with Crippen LogP contribution in [0.3, 0.4) is 0 Å². The highest BCUT2D eigenvalue weighted by atomic mass is 16.1. The van der Waals surface area contributed by atoms with Crippen molar-refractivity contribution in [1.82, 2.24) is 0 Å². The van der Waals surface area contributed by atoms with Gasteiger partial charge in [-0.3, -0.25) is 4.79 Å². The molecule has 0 spiro atoms. The molecule has 0 heterocycles. The molecule has 0 unspecified atom stereocenters. The molecule has 0 bridgehead atoms. The average molecular weight is 153 g/mol. The smallest absolute Gasteiger partial charge is 0.228 e. The van der Waals surface area contributed by atoms with Gasteiger partial charge in [-0.2, -0.15) is 0 Å². The second-order valence-electron chi connectivity index (χ2n) is 2.90. The van der Waals surface area contributed by atoms with E-state index in [1.165, 1.54) is 0 Å². The number of hydrogen-bond donors (Lipinski definition) is 0. The lowest BCUT2D eigenvalue weighted by Crippen LogP contribution is -2.03. The molecule has 63 valence electrons. The summed E-state index contributed by atoms with van der Waals surface area (Å²) in [5.74, 6) is 0.377. The summed E-state index contributed by atoms with van der Waals surface area (Å²) in [5.41, 5.74) is 0.647. The third kappa shape index (κ3) is 3.97. The topological polar surface area (TPSA) is 17.1 Å². The Labute approximate surface area is 69.5 Å². The minimum atomic E-state index is 0.377. The molecule has 0 saturated heterocycles. The molecular weight excluding hydrogens is 136 g/mol. The van der Waals surface area contributed by atoms with Crippen LogP contribution >= 0.6 is 0 Å². The van der Waals surface area contributed by atoms with Gasteiger partial charge in [0.25, 0.3) is 0 Å². The van der Waals surface area contributed by atoms with Crippen LogP contribution in [0, 0.1) is 5.92 Å². The lowest BCUT2D eigenvalue weighted by Gasteiger charge is -2.12. The monoisotopic (exact) mass is 153 g/mol. The first kappa shape index (κ1) is 10.4. The molecule has 0 aromatic rings. The van der Waals surface area contributed by atoms with Crippen molar-refractivity contribution in [3.8, 4) is 0 Å². The second-order valence-corrected chi connectivity index (χ2v) is 2.90. The van der Waals surface area contributed by atoms with Crippen molar-refractivity contribution in [2.24, 2.45) is 5.92 Å². The first-order valence-electron chi connectivity index (χ1n) is 4.33. The molecule has 0 N–H and O–H groups in total. The normalized spacial score (nSPS) is 10.1. The molecule has 0 saturated carbocycles. The van der Waals surface area contributed by atoms with E-state index in [-0.39, 0.29) is 0 Å². The summed E-state index contributed by atoms with van der Waals surface area (Å²) >= 11 is 0. The van der Waals surface area contributed by atoms with Crippen molar-refractivity contribution in [2.75, 3.05) is 0 Å². The SMILES string of the molecule is C=C([C]=O)C(CCC)CCC. The van der Waals surface area contributed by atoms with E-state index in [1.807, 2.05) is 6.29 Å². The Morgan fingerprint density at radius 2 is 1.82 bits per heavy atom. The quantitative estimate of drug-likeness (QED) is 0.536. The molecule has 1 heteroatoms. The van der Waals surface area contributed by atoms with E-state index in [9.17, 15) is 4.79 Å². The second kappa shape index (κ2) is 6.14. The van der Waals surface area contributed by atoms with Gasteiger partial charge in [0, 0.05) is 0 Å². The maximum absolute atomic E-state index is 10.3. The van der Waals surface area contributed by atoms with Crippen LogP contribution in [-0.2, 0) is 4.79 Å². The van der Waals surface area contributed by atoms with Gasteiger partial charge in [0.15, 0.2) is 0 Å². The molecule has 1 radical (unpaired) electrons. The summed E-state index contributed by atoms with van der Waals surface area (Å²) in [6.45, 7) is 7.94. The van der Waals surface area contributed by atoms with E-state index in [0.29, 0.717) is 11.5 Å². The third-order valence-electron chi connectivity index (χ3n) is 1.90. The Kier molecular flexibility index (Phi) is 5.81. The molecule has 0 fully saturated rings. The highest BCUT2D eigenvalue weighted by Crippen LogP contribution is 2.19. The lowest BCUT2D eigenvalue weighted by molar-refractivity contribution is 0.502. The summed E-state index contributed by atoms with van der Waals surface area (Å²) < 4.78 is 0. The molecule has 0 aliphatic carbocycles. The maximum Gasteiger partial charge on any atom is 0.228 e. The minimum Gasteiger partial charge on any atom is -0.285 e. The van der Waals surface area contributed by atoms with Gasteiger partial charge in [0.2, 0.25) is 6.29 Å². The fourth-order valence-electron chi connectivity index (χ4n) is 1.27. The Balaban J connectivity index is 3.86. The number of carbonyl (C=O) groups excluding carboxylic acids is 1. The van der Waals surface area contributed by atoms with Crippen molar-refractivity contribution in [1.29, 1.82) is 0 Å². The number of rotatable bonds is 6. The number of hydrogen-bond acceptors (Lipinski definition) is 1. The van der Waals surface area contributed by atoms with Crippen LogP contribution in [0.5, 0.6) is 0 Å². The summed E-state index contributed by atoms with van der Waals surface area (Å²) in [7, 11) is 0. The van der Waals surface area contributed by atoms with Crippen LogP contribution in [0.25, 0.3) is 0 Å². The fourth-order valence-corrected chi connectivity index (χ4v) is 1.27. The molecule has 1 nitrogen and oxygen atoms in total. The van der Waals surface area contributed by atoms with Crippen molar-refractivity contribution in [3.05, 3.63) is 12.2 Å². The first-order valence-corrected chi connectivity index (χ1v) is 4.33. The minimum absolute atomic E-state index is 0.377. The molecule has 0 amide bonds. The summed E-state index contributed by atoms with van der Waals surface area (Å²) in [6.07, 6.45) is 6.27. The third-order valence-corrected chi connectivity index (χ3v) is 1.90. The van der Waals surface area contributed by atoms with Gasteiger partial charge in [-0.1, -0.05) is 33.3 Å². The Morgan fingerprint density at radius 3 is 2.09 bits per heavy atom. The Morgan fingerprint density at radius 1 is 1.36 bits per heavy atom. The van der Waals surface area contributed by atoms with Crippen LogP contribution in [0.15, 0.2) is 12.2 Å². The maximum atomic E-state index is 10.3. The summed E-state index contributed by atoms with van der Waals surface area (Å²) in [6, 6.07) is 0. The van der Waals surface area contributed by atoms with Crippen molar-refractivity contribution >= 4 is 6.29 Å². The van der Waals surface area contributed by atoms with Crippen molar-refractivity contribution in [3.63, 3.8) is 0 Å². The first-order chi connectivity index (χ1) is 5.26. The highest BCUT2D eigenvalue weighted by molar-refractivity contribution is 5.73. The Hall–Kier alpha value is -0.590. The van der Waals surface area contributed by atoms with Gasteiger partial charge < -0.3 is 0 Å². The highest BCUT2D eigenvalue weighted by Gasteiger charge is 2.09. The number of allylic oxidation sites excluding steroid dienone is 1. The predicted molar refractivity (Wildman–Crippen MR) is 48.1 cm³/mol. The van der Waals surface area contributed by atoms with Crippen LogP contribution in [0.4, 0.5) is 0 Å². The standard InChI is InChI=1S/C10H17O/c1-4-6-10(7-5-2)9(3)8-11/h10H,3-7H2,1-2H3. The molecule has 0 atom stereocenters. The molecule has 0 aromatic carbocycles. The molecule has 0 aliphatic rings. The molecule has 11 heavy (non-hydrogen) atoms.